The van der Waals surface area contributed by atoms with E-state index in [-0.39, 0.29) is 5.41 Å². The van der Waals surface area contributed by atoms with Crippen LogP contribution in [0.4, 0.5) is 0 Å². The molecule has 1 aliphatic carbocycles. The van der Waals surface area contributed by atoms with E-state index in [0.717, 1.165) is 6.42 Å². The van der Waals surface area contributed by atoms with Crippen molar-refractivity contribution in [2.45, 2.75) is 25.7 Å². The van der Waals surface area contributed by atoms with E-state index in [1.165, 1.54) is 55.2 Å². The van der Waals surface area contributed by atoms with E-state index < -0.39 is 0 Å². The first-order valence-electron chi connectivity index (χ1n) is 13.4. The lowest BCUT2D eigenvalue weighted by atomic mass is 9.76. The Kier molecular flexibility index (Phi) is 5.23. The van der Waals surface area contributed by atoms with Gasteiger partial charge in [0.2, 0.25) is 0 Å². The summed E-state index contributed by atoms with van der Waals surface area (Å²) < 4.78 is 4.67. The number of benzene rings is 4. The molecule has 0 saturated carbocycles. The van der Waals surface area contributed by atoms with E-state index in [9.17, 15) is 0 Å². The highest BCUT2D eigenvalue weighted by atomic mass is 15.0. The molecule has 6 aromatic rings. The van der Waals surface area contributed by atoms with E-state index in [1.807, 2.05) is 0 Å². The molecule has 1 unspecified atom stereocenters. The summed E-state index contributed by atoms with van der Waals surface area (Å²) in [6, 6.07) is 35.2. The Hall–Kier alpha value is -4.56. The second-order valence-electron chi connectivity index (χ2n) is 10.5. The molecule has 2 aromatic heterocycles. The van der Waals surface area contributed by atoms with Gasteiger partial charge in [-0.25, -0.2) is 0 Å². The summed E-state index contributed by atoms with van der Waals surface area (Å²) in [4.78, 5) is 0. The Morgan fingerprint density at radius 2 is 1.58 bits per heavy atom. The molecule has 1 atom stereocenters. The van der Waals surface area contributed by atoms with E-state index in [2.05, 4.69) is 157 Å². The van der Waals surface area contributed by atoms with Crippen LogP contribution in [0.1, 0.15) is 31.5 Å². The number of para-hydroxylation sites is 1. The van der Waals surface area contributed by atoms with E-state index in [0.29, 0.717) is 0 Å². The molecule has 184 valence electrons. The topological polar surface area (TPSA) is 9.86 Å². The van der Waals surface area contributed by atoms with E-state index in [4.69, 9.17) is 0 Å². The second-order valence-corrected chi connectivity index (χ2v) is 10.5. The van der Waals surface area contributed by atoms with Crippen LogP contribution in [0.5, 0.6) is 0 Å². The average Bonchev–Trinajstić information content (AvgIpc) is 3.55. The van der Waals surface area contributed by atoms with Crippen molar-refractivity contribution >= 4 is 44.4 Å². The van der Waals surface area contributed by atoms with Crippen LogP contribution in [0.15, 0.2) is 128 Å². The molecule has 2 heteroatoms. The molecule has 0 aliphatic heterocycles. The molecule has 2 heterocycles. The van der Waals surface area contributed by atoms with Gasteiger partial charge in [0, 0.05) is 39.5 Å². The number of fused-ring (bicyclic) bond motifs is 4. The largest absolute Gasteiger partial charge is 0.317 e. The van der Waals surface area contributed by atoms with Crippen molar-refractivity contribution in [3.8, 4) is 5.69 Å². The van der Waals surface area contributed by atoms with Gasteiger partial charge in [-0.05, 0) is 84.3 Å². The van der Waals surface area contributed by atoms with Crippen molar-refractivity contribution in [2.75, 3.05) is 0 Å². The number of rotatable bonds is 4. The summed E-state index contributed by atoms with van der Waals surface area (Å²) >= 11 is 0. The minimum absolute atomic E-state index is 0.0526. The highest BCUT2D eigenvalue weighted by molar-refractivity contribution is 6.07. The van der Waals surface area contributed by atoms with Crippen LogP contribution in [0, 0.1) is 0 Å². The first kappa shape index (κ1) is 22.6. The second kappa shape index (κ2) is 8.78. The number of nitrogens with zero attached hydrogens (tertiary/aromatic N) is 2. The Morgan fingerprint density at radius 3 is 2.39 bits per heavy atom. The standard InChI is InChI=1S/C36H30N2/c1-3-9-31-25-27-24-28(15-17-34(27)38(31)30-11-5-4-6-12-30)36(2)21-18-29(19-22-36)37-23-20-33-32-13-8-7-10-26(32)14-16-35(33)37/h3-21,23-25H,22H2,1-2H3/b9-3+. The van der Waals surface area contributed by atoms with Gasteiger partial charge in [0.05, 0.1) is 11.0 Å². The zero-order valence-corrected chi connectivity index (χ0v) is 21.8. The first-order valence-corrected chi connectivity index (χ1v) is 13.4. The number of allylic oxidation sites excluding steroid dienone is 5. The maximum absolute atomic E-state index is 2.39. The molecular formula is C36H30N2. The number of aromatic nitrogens is 2. The minimum Gasteiger partial charge on any atom is -0.317 e. The van der Waals surface area contributed by atoms with Crippen LogP contribution < -0.4 is 0 Å². The van der Waals surface area contributed by atoms with Gasteiger partial charge in [0.1, 0.15) is 0 Å². The van der Waals surface area contributed by atoms with Crippen molar-refractivity contribution in [1.29, 1.82) is 0 Å². The van der Waals surface area contributed by atoms with Gasteiger partial charge in [0.25, 0.3) is 0 Å². The number of hydrogen-bond acceptors (Lipinski definition) is 0. The fraction of sp³-hybridized carbons (Fsp3) is 0.111. The molecule has 1 aliphatic rings. The molecule has 0 radical (unpaired) electrons. The maximum Gasteiger partial charge on any atom is 0.0534 e. The van der Waals surface area contributed by atoms with Crippen molar-refractivity contribution < 1.29 is 0 Å². The first-order chi connectivity index (χ1) is 18.6. The van der Waals surface area contributed by atoms with Gasteiger partial charge >= 0.3 is 0 Å². The van der Waals surface area contributed by atoms with Crippen molar-refractivity contribution in [1.82, 2.24) is 9.13 Å². The lowest BCUT2D eigenvalue weighted by molar-refractivity contribution is 0.600. The van der Waals surface area contributed by atoms with Gasteiger partial charge in [-0.2, -0.15) is 0 Å². The van der Waals surface area contributed by atoms with Crippen LogP contribution in [0.25, 0.3) is 50.0 Å². The van der Waals surface area contributed by atoms with Crippen molar-refractivity contribution in [2.24, 2.45) is 0 Å². The summed E-state index contributed by atoms with van der Waals surface area (Å²) in [5.74, 6) is 0. The Bertz CT molecular complexity index is 1910. The zero-order chi connectivity index (χ0) is 25.7. The van der Waals surface area contributed by atoms with Gasteiger partial charge in [-0.1, -0.05) is 79.7 Å². The number of hydrogen-bond donors (Lipinski definition) is 0. The van der Waals surface area contributed by atoms with Crippen molar-refractivity contribution in [3.63, 3.8) is 0 Å². The van der Waals surface area contributed by atoms with Gasteiger partial charge in [0.15, 0.2) is 0 Å². The fourth-order valence-corrected chi connectivity index (χ4v) is 5.99. The summed E-state index contributed by atoms with van der Waals surface area (Å²) in [5.41, 5.74) is 7.40. The zero-order valence-electron chi connectivity index (χ0n) is 21.8. The van der Waals surface area contributed by atoms with Crippen molar-refractivity contribution in [3.05, 3.63) is 139 Å². The molecular weight excluding hydrogens is 460 g/mol. The minimum atomic E-state index is -0.0526. The van der Waals surface area contributed by atoms with E-state index in [1.54, 1.807) is 0 Å². The highest BCUT2D eigenvalue weighted by Crippen LogP contribution is 2.38. The smallest absolute Gasteiger partial charge is 0.0534 e. The maximum atomic E-state index is 2.39. The summed E-state index contributed by atoms with van der Waals surface area (Å²) in [7, 11) is 0. The van der Waals surface area contributed by atoms with Gasteiger partial charge in [-0.15, -0.1) is 0 Å². The molecule has 0 spiro atoms. The van der Waals surface area contributed by atoms with Crippen LogP contribution in [-0.2, 0) is 5.41 Å². The third-order valence-electron chi connectivity index (χ3n) is 8.07. The predicted octanol–water partition coefficient (Wildman–Crippen LogP) is 9.53. The molecule has 0 amide bonds. The van der Waals surface area contributed by atoms with Gasteiger partial charge in [-0.3, -0.25) is 0 Å². The summed E-state index contributed by atoms with van der Waals surface area (Å²) in [6.07, 6.45) is 14.5. The lowest BCUT2D eigenvalue weighted by Crippen LogP contribution is -2.20. The average molecular weight is 491 g/mol. The fourth-order valence-electron chi connectivity index (χ4n) is 5.99. The van der Waals surface area contributed by atoms with Crippen LogP contribution in [0.3, 0.4) is 0 Å². The monoisotopic (exact) mass is 490 g/mol. The highest BCUT2D eigenvalue weighted by Gasteiger charge is 2.26. The van der Waals surface area contributed by atoms with E-state index >= 15 is 0 Å². The lowest BCUT2D eigenvalue weighted by Gasteiger charge is -2.29. The Balaban J connectivity index is 1.25. The SMILES string of the molecule is C/C=C/c1cc2cc(C3(C)C=CC(n4ccc5c6ccccc6ccc54)=CC3)ccc2n1-c1ccccc1. The predicted molar refractivity (Wildman–Crippen MR) is 163 cm³/mol. The molecule has 0 N–H and O–H groups in total. The summed E-state index contributed by atoms with van der Waals surface area (Å²) in [5, 5.41) is 5.16. The molecule has 38 heavy (non-hydrogen) atoms. The third kappa shape index (κ3) is 3.56. The molecule has 0 bridgehead atoms. The normalized spacial score (nSPS) is 17.7. The Labute approximate surface area is 223 Å². The molecule has 4 aromatic carbocycles. The van der Waals surface area contributed by atoms with Crippen LogP contribution >= 0.6 is 0 Å². The molecule has 0 saturated heterocycles. The Morgan fingerprint density at radius 1 is 0.763 bits per heavy atom. The molecule has 7 rings (SSSR count). The molecule has 0 fully saturated rings. The molecule has 2 nitrogen and oxygen atoms in total. The van der Waals surface area contributed by atoms with Gasteiger partial charge < -0.3 is 9.13 Å². The van der Waals surface area contributed by atoms with Crippen LogP contribution in [0.2, 0.25) is 0 Å². The third-order valence-corrected chi connectivity index (χ3v) is 8.07. The van der Waals surface area contributed by atoms with Crippen LogP contribution in [-0.4, -0.2) is 9.13 Å². The summed E-state index contributed by atoms with van der Waals surface area (Å²) in [6.45, 7) is 4.42. The quantitative estimate of drug-likeness (QED) is 0.233.